The first-order chi connectivity index (χ1) is 10.7. The zero-order valence-electron chi connectivity index (χ0n) is 12.3. The Morgan fingerprint density at radius 3 is 2.00 bits per heavy atom. The predicted octanol–water partition coefficient (Wildman–Crippen LogP) is 4.49. The Hall–Kier alpha value is -1.78. The van der Waals surface area contributed by atoms with E-state index in [1.807, 2.05) is 73.0 Å². The van der Waals surface area contributed by atoms with Crippen LogP contribution in [0.3, 0.4) is 0 Å². The predicted molar refractivity (Wildman–Crippen MR) is 93.4 cm³/mol. The molecule has 4 heteroatoms. The molecule has 0 saturated heterocycles. The second-order valence-corrected chi connectivity index (χ2v) is 7.67. The monoisotopic (exact) mass is 327 g/mol. The van der Waals surface area contributed by atoms with Crippen LogP contribution in [0.25, 0.3) is 0 Å². The molecule has 0 aliphatic carbocycles. The van der Waals surface area contributed by atoms with Gasteiger partial charge in [0.1, 0.15) is 0 Å². The van der Waals surface area contributed by atoms with Gasteiger partial charge in [0.25, 0.3) is 0 Å². The summed E-state index contributed by atoms with van der Waals surface area (Å²) in [6, 6.07) is 20.1. The molecule has 0 unspecified atom stereocenters. The zero-order chi connectivity index (χ0) is 15.4. The minimum Gasteiger partial charge on any atom is -0.258 e. The summed E-state index contributed by atoms with van der Waals surface area (Å²) in [5.41, 5.74) is 3.08. The van der Waals surface area contributed by atoms with Crippen molar-refractivity contribution in [1.29, 1.82) is 0 Å². The Kier molecular flexibility index (Phi) is 4.80. The van der Waals surface area contributed by atoms with Gasteiger partial charge in [-0.3, -0.25) is 4.21 Å². The van der Waals surface area contributed by atoms with Gasteiger partial charge in [0.15, 0.2) is 0 Å². The van der Waals surface area contributed by atoms with E-state index in [1.165, 1.54) is 0 Å². The third-order valence-corrected chi connectivity index (χ3v) is 5.90. The van der Waals surface area contributed by atoms with E-state index < -0.39 is 10.8 Å². The molecular weight excluding hydrogens is 310 g/mol. The fourth-order valence-corrected chi connectivity index (χ4v) is 4.70. The van der Waals surface area contributed by atoms with Crippen LogP contribution in [0.2, 0.25) is 0 Å². The standard InChI is InChI=1S/C18H17NOS2/c1-14-19-17(12-21-14)13-22(20)18(15-8-4-2-5-9-15)16-10-6-3-7-11-16/h2-12,18H,13H2,1H3/t22-/m0/s1. The van der Waals surface area contributed by atoms with Crippen LogP contribution in [0.15, 0.2) is 66.0 Å². The number of hydrogen-bond donors (Lipinski definition) is 0. The third-order valence-electron chi connectivity index (χ3n) is 3.42. The Labute approximate surface area is 137 Å². The maximum Gasteiger partial charge on any atom is 0.0897 e. The molecule has 0 aliphatic rings. The average Bonchev–Trinajstić information content (AvgIpc) is 2.95. The SMILES string of the molecule is Cc1nc(C[S@](=O)C(c2ccccc2)c2ccccc2)cs1. The van der Waals surface area contributed by atoms with E-state index in [0.29, 0.717) is 5.75 Å². The summed E-state index contributed by atoms with van der Waals surface area (Å²) in [4.78, 5) is 4.45. The first-order valence-corrected chi connectivity index (χ1v) is 9.38. The van der Waals surface area contributed by atoms with Gasteiger partial charge in [0.05, 0.1) is 21.7 Å². The minimum absolute atomic E-state index is 0.121. The number of benzene rings is 2. The summed E-state index contributed by atoms with van der Waals surface area (Å²) in [5, 5.41) is 2.90. The van der Waals surface area contributed by atoms with Gasteiger partial charge in [0, 0.05) is 16.2 Å². The van der Waals surface area contributed by atoms with E-state index in [-0.39, 0.29) is 5.25 Å². The molecule has 3 rings (SSSR count). The molecule has 0 radical (unpaired) electrons. The van der Waals surface area contributed by atoms with Gasteiger partial charge in [0.2, 0.25) is 0 Å². The highest BCUT2D eigenvalue weighted by atomic mass is 32.2. The molecule has 0 N–H and O–H groups in total. The van der Waals surface area contributed by atoms with Gasteiger partial charge < -0.3 is 0 Å². The molecule has 0 bridgehead atoms. The van der Waals surface area contributed by atoms with Crippen LogP contribution in [0.1, 0.15) is 27.1 Å². The molecule has 2 aromatic carbocycles. The highest BCUT2D eigenvalue weighted by Gasteiger charge is 2.21. The van der Waals surface area contributed by atoms with Gasteiger partial charge >= 0.3 is 0 Å². The first-order valence-electron chi connectivity index (χ1n) is 7.12. The van der Waals surface area contributed by atoms with Gasteiger partial charge in [-0.25, -0.2) is 4.98 Å². The van der Waals surface area contributed by atoms with Crippen molar-refractivity contribution in [2.75, 3.05) is 0 Å². The first kappa shape index (κ1) is 15.1. The van der Waals surface area contributed by atoms with E-state index in [4.69, 9.17) is 0 Å². The quantitative estimate of drug-likeness (QED) is 0.691. The molecule has 1 atom stereocenters. The Morgan fingerprint density at radius 1 is 1.00 bits per heavy atom. The molecule has 0 amide bonds. The molecule has 0 saturated carbocycles. The Morgan fingerprint density at radius 2 is 1.55 bits per heavy atom. The van der Waals surface area contributed by atoms with Crippen molar-refractivity contribution in [3.05, 3.63) is 87.9 Å². The van der Waals surface area contributed by atoms with Crippen LogP contribution >= 0.6 is 11.3 Å². The highest BCUT2D eigenvalue weighted by Crippen LogP contribution is 2.30. The lowest BCUT2D eigenvalue weighted by atomic mass is 10.0. The molecule has 2 nitrogen and oxygen atoms in total. The number of hydrogen-bond acceptors (Lipinski definition) is 3. The molecule has 22 heavy (non-hydrogen) atoms. The molecule has 1 heterocycles. The van der Waals surface area contributed by atoms with Crippen LogP contribution in [0.5, 0.6) is 0 Å². The van der Waals surface area contributed by atoms with Gasteiger partial charge in [-0.2, -0.15) is 0 Å². The van der Waals surface area contributed by atoms with E-state index >= 15 is 0 Å². The fourth-order valence-electron chi connectivity index (χ4n) is 2.46. The molecule has 0 fully saturated rings. The van der Waals surface area contributed by atoms with Crippen molar-refractivity contribution in [3.63, 3.8) is 0 Å². The van der Waals surface area contributed by atoms with E-state index in [2.05, 4.69) is 4.98 Å². The van der Waals surface area contributed by atoms with Gasteiger partial charge in [-0.1, -0.05) is 60.7 Å². The number of nitrogens with zero attached hydrogens (tertiary/aromatic N) is 1. The van der Waals surface area contributed by atoms with Crippen molar-refractivity contribution < 1.29 is 4.21 Å². The summed E-state index contributed by atoms with van der Waals surface area (Å²) in [6.07, 6.45) is 0. The Balaban J connectivity index is 1.93. The number of thiazole rings is 1. The number of aromatic nitrogens is 1. The summed E-state index contributed by atoms with van der Waals surface area (Å²) < 4.78 is 13.0. The molecule has 0 aliphatic heterocycles. The van der Waals surface area contributed by atoms with Gasteiger partial charge in [-0.05, 0) is 18.1 Å². The van der Waals surface area contributed by atoms with Crippen LogP contribution in [-0.4, -0.2) is 9.19 Å². The molecule has 1 aromatic heterocycles. The van der Waals surface area contributed by atoms with Crippen molar-refractivity contribution in [3.8, 4) is 0 Å². The van der Waals surface area contributed by atoms with Crippen LogP contribution in [0, 0.1) is 6.92 Å². The van der Waals surface area contributed by atoms with Crippen molar-refractivity contribution in [2.45, 2.75) is 17.9 Å². The number of rotatable bonds is 5. The lowest BCUT2D eigenvalue weighted by Crippen LogP contribution is -2.10. The van der Waals surface area contributed by atoms with Crippen LogP contribution in [-0.2, 0) is 16.6 Å². The summed E-state index contributed by atoms with van der Waals surface area (Å²) in [6.45, 7) is 1.98. The zero-order valence-corrected chi connectivity index (χ0v) is 13.9. The maximum absolute atomic E-state index is 13.0. The summed E-state index contributed by atoms with van der Waals surface area (Å²) >= 11 is 1.60. The van der Waals surface area contributed by atoms with E-state index in [1.54, 1.807) is 11.3 Å². The maximum atomic E-state index is 13.0. The van der Waals surface area contributed by atoms with Crippen LogP contribution in [0.4, 0.5) is 0 Å². The second-order valence-electron chi connectivity index (χ2n) is 5.08. The smallest absolute Gasteiger partial charge is 0.0897 e. The van der Waals surface area contributed by atoms with E-state index in [0.717, 1.165) is 21.8 Å². The van der Waals surface area contributed by atoms with Crippen molar-refractivity contribution in [2.24, 2.45) is 0 Å². The normalized spacial score (nSPS) is 12.5. The summed E-state index contributed by atoms with van der Waals surface area (Å²) in [7, 11) is -1.05. The molecule has 3 aromatic rings. The molecule has 112 valence electrons. The van der Waals surface area contributed by atoms with Crippen LogP contribution < -0.4 is 0 Å². The average molecular weight is 327 g/mol. The second kappa shape index (κ2) is 6.99. The lowest BCUT2D eigenvalue weighted by Gasteiger charge is -2.17. The number of aryl methyl sites for hydroxylation is 1. The van der Waals surface area contributed by atoms with Crippen molar-refractivity contribution in [1.82, 2.24) is 4.98 Å². The topological polar surface area (TPSA) is 30.0 Å². The molecular formula is C18H17NOS2. The summed E-state index contributed by atoms with van der Waals surface area (Å²) in [5.74, 6) is 0.485. The lowest BCUT2D eigenvalue weighted by molar-refractivity contribution is 0.677. The fraction of sp³-hybridized carbons (Fsp3) is 0.167. The van der Waals surface area contributed by atoms with E-state index in [9.17, 15) is 4.21 Å². The van der Waals surface area contributed by atoms with Crippen molar-refractivity contribution >= 4 is 22.1 Å². The largest absolute Gasteiger partial charge is 0.258 e. The van der Waals surface area contributed by atoms with Gasteiger partial charge in [-0.15, -0.1) is 11.3 Å². The third kappa shape index (κ3) is 3.51. The molecule has 0 spiro atoms. The highest BCUT2D eigenvalue weighted by molar-refractivity contribution is 7.84. The Bertz CT molecular complexity index is 714. The minimum atomic E-state index is -1.05.